The van der Waals surface area contributed by atoms with Crippen LogP contribution in [0.3, 0.4) is 0 Å². The summed E-state index contributed by atoms with van der Waals surface area (Å²) in [6.07, 6.45) is 1.88. The van der Waals surface area contributed by atoms with Crippen LogP contribution < -0.4 is 10.9 Å². The molecule has 5 heteroatoms. The molecule has 0 unspecified atom stereocenters. The van der Waals surface area contributed by atoms with Gasteiger partial charge in [-0.1, -0.05) is 59.7 Å². The van der Waals surface area contributed by atoms with Crippen LogP contribution in [-0.4, -0.2) is 14.9 Å². The van der Waals surface area contributed by atoms with E-state index in [1.807, 2.05) is 97.2 Å². The highest BCUT2D eigenvalue weighted by atomic mass is 16.1. The Morgan fingerprint density at radius 1 is 0.788 bits per heavy atom. The number of aromatic nitrogens is 2. The normalized spacial score (nSPS) is 11.2. The first-order valence-electron chi connectivity index (χ1n) is 11.0. The van der Waals surface area contributed by atoms with E-state index >= 15 is 0 Å². The molecule has 5 nitrogen and oxygen atoms in total. The molecule has 1 amide bonds. The molecule has 5 aromatic rings. The van der Waals surface area contributed by atoms with Crippen molar-refractivity contribution >= 4 is 22.5 Å². The van der Waals surface area contributed by atoms with Gasteiger partial charge in [-0.2, -0.15) is 0 Å². The maximum Gasteiger partial charge on any atom is 0.275 e. The number of hydrogen-bond acceptors (Lipinski definition) is 2. The smallest absolute Gasteiger partial charge is 0.275 e. The summed E-state index contributed by atoms with van der Waals surface area (Å²) >= 11 is 0. The van der Waals surface area contributed by atoms with Crippen LogP contribution in [0, 0.1) is 13.8 Å². The molecule has 2 heterocycles. The van der Waals surface area contributed by atoms with Crippen molar-refractivity contribution < 1.29 is 4.79 Å². The molecule has 2 aromatic heterocycles. The van der Waals surface area contributed by atoms with Gasteiger partial charge < -0.3 is 14.3 Å². The van der Waals surface area contributed by atoms with E-state index in [-0.39, 0.29) is 11.5 Å². The molecule has 0 aliphatic carbocycles. The Balaban J connectivity index is 1.55. The summed E-state index contributed by atoms with van der Waals surface area (Å²) in [5.74, 6) is -0.167. The molecule has 164 valence electrons. The standard InChI is InChI=1S/C28H25N3O2/c1-19-8-10-21(11-9-19)17-29-27(32)23-12-13-24-26(16-23)31(18-22-6-3-5-20(2)15-22)28(33)25-7-4-14-30(24)25/h3-16H,17-18H2,1-2H3,(H,29,32). The molecule has 1 N–H and O–H groups in total. The molecule has 0 spiro atoms. The Morgan fingerprint density at radius 3 is 2.39 bits per heavy atom. The maximum atomic E-state index is 13.4. The second-order valence-corrected chi connectivity index (χ2v) is 8.52. The molecular formula is C28H25N3O2. The molecule has 3 aromatic carbocycles. The number of nitrogens with zero attached hydrogens (tertiary/aromatic N) is 2. The van der Waals surface area contributed by atoms with Gasteiger partial charge in [0.2, 0.25) is 0 Å². The first-order valence-corrected chi connectivity index (χ1v) is 11.0. The Morgan fingerprint density at radius 2 is 1.61 bits per heavy atom. The molecule has 0 saturated heterocycles. The van der Waals surface area contributed by atoms with Crippen LogP contribution in [0.25, 0.3) is 16.6 Å². The van der Waals surface area contributed by atoms with Gasteiger partial charge in [0.05, 0.1) is 17.6 Å². The van der Waals surface area contributed by atoms with Crippen LogP contribution in [0.4, 0.5) is 0 Å². The highest BCUT2D eigenvalue weighted by Crippen LogP contribution is 2.19. The molecule has 0 fully saturated rings. The number of nitrogens with one attached hydrogen (secondary N) is 1. The summed E-state index contributed by atoms with van der Waals surface area (Å²) in [6, 6.07) is 25.5. The Hall–Kier alpha value is -4.12. The van der Waals surface area contributed by atoms with E-state index in [4.69, 9.17) is 0 Å². The topological polar surface area (TPSA) is 55.5 Å². The zero-order valence-electron chi connectivity index (χ0n) is 18.7. The molecule has 33 heavy (non-hydrogen) atoms. The Bertz CT molecular complexity index is 1540. The number of amides is 1. The molecule has 0 bridgehead atoms. The molecule has 0 aliphatic rings. The Labute approximate surface area is 191 Å². The van der Waals surface area contributed by atoms with Crippen LogP contribution in [0.1, 0.15) is 32.6 Å². The largest absolute Gasteiger partial charge is 0.348 e. The van der Waals surface area contributed by atoms with Crippen molar-refractivity contribution in [1.29, 1.82) is 0 Å². The first-order chi connectivity index (χ1) is 16.0. The zero-order chi connectivity index (χ0) is 22.9. The molecular weight excluding hydrogens is 410 g/mol. The highest BCUT2D eigenvalue weighted by molar-refractivity contribution is 5.97. The summed E-state index contributed by atoms with van der Waals surface area (Å²) in [4.78, 5) is 26.3. The van der Waals surface area contributed by atoms with Crippen molar-refractivity contribution in [2.75, 3.05) is 0 Å². The van der Waals surface area contributed by atoms with Gasteiger partial charge in [0.25, 0.3) is 11.5 Å². The lowest BCUT2D eigenvalue weighted by Gasteiger charge is -2.14. The monoisotopic (exact) mass is 435 g/mol. The van der Waals surface area contributed by atoms with E-state index < -0.39 is 0 Å². The summed E-state index contributed by atoms with van der Waals surface area (Å²) < 4.78 is 3.65. The van der Waals surface area contributed by atoms with Crippen molar-refractivity contribution in [2.45, 2.75) is 26.9 Å². The summed E-state index contributed by atoms with van der Waals surface area (Å²) in [5, 5.41) is 2.99. The van der Waals surface area contributed by atoms with Crippen LogP contribution in [0.2, 0.25) is 0 Å². The minimum atomic E-state index is -0.167. The van der Waals surface area contributed by atoms with Gasteiger partial charge in [0.1, 0.15) is 5.52 Å². The van der Waals surface area contributed by atoms with Gasteiger partial charge >= 0.3 is 0 Å². The number of aryl methyl sites for hydroxylation is 2. The number of benzene rings is 3. The van der Waals surface area contributed by atoms with Gasteiger partial charge in [0.15, 0.2) is 0 Å². The predicted octanol–water partition coefficient (Wildman–Crippen LogP) is 4.85. The SMILES string of the molecule is Cc1ccc(CNC(=O)c2ccc3c(c2)n(Cc2cccc(C)c2)c(=O)c2cccn23)cc1. The fourth-order valence-electron chi connectivity index (χ4n) is 4.24. The summed E-state index contributed by atoms with van der Waals surface area (Å²) in [6.45, 7) is 4.96. The van der Waals surface area contributed by atoms with E-state index in [0.29, 0.717) is 24.2 Å². The third kappa shape index (κ3) is 4.05. The third-order valence-corrected chi connectivity index (χ3v) is 6.00. The van der Waals surface area contributed by atoms with Gasteiger partial charge in [-0.15, -0.1) is 0 Å². The number of hydrogen-bond donors (Lipinski definition) is 1. The molecule has 0 radical (unpaired) electrons. The van der Waals surface area contributed by atoms with Crippen molar-refractivity contribution in [3.63, 3.8) is 0 Å². The van der Waals surface area contributed by atoms with Gasteiger partial charge in [-0.3, -0.25) is 9.59 Å². The van der Waals surface area contributed by atoms with Crippen LogP contribution in [0.5, 0.6) is 0 Å². The maximum absolute atomic E-state index is 13.4. The number of rotatable bonds is 5. The fourth-order valence-corrected chi connectivity index (χ4v) is 4.24. The molecule has 0 saturated carbocycles. The first kappa shape index (κ1) is 20.8. The second kappa shape index (κ2) is 8.43. The zero-order valence-corrected chi connectivity index (χ0v) is 18.7. The minimum Gasteiger partial charge on any atom is -0.348 e. The van der Waals surface area contributed by atoms with E-state index in [1.165, 1.54) is 5.56 Å². The molecule has 0 aliphatic heterocycles. The average Bonchev–Trinajstić information content (AvgIpc) is 3.31. The number of fused-ring (bicyclic) bond motifs is 3. The van der Waals surface area contributed by atoms with Crippen molar-refractivity contribution in [2.24, 2.45) is 0 Å². The van der Waals surface area contributed by atoms with Crippen LogP contribution in [-0.2, 0) is 13.1 Å². The van der Waals surface area contributed by atoms with E-state index in [9.17, 15) is 9.59 Å². The average molecular weight is 436 g/mol. The van der Waals surface area contributed by atoms with Crippen molar-refractivity contribution in [3.8, 4) is 0 Å². The highest BCUT2D eigenvalue weighted by Gasteiger charge is 2.14. The van der Waals surface area contributed by atoms with Crippen LogP contribution in [0.15, 0.2) is 89.9 Å². The van der Waals surface area contributed by atoms with Crippen molar-refractivity contribution in [3.05, 3.63) is 123 Å². The Kier molecular flexibility index (Phi) is 5.31. The third-order valence-electron chi connectivity index (χ3n) is 6.00. The lowest BCUT2D eigenvalue weighted by molar-refractivity contribution is 0.0951. The lowest BCUT2D eigenvalue weighted by Crippen LogP contribution is -2.25. The van der Waals surface area contributed by atoms with E-state index in [0.717, 1.165) is 27.7 Å². The number of carbonyl (C=O) groups is 1. The quantitative estimate of drug-likeness (QED) is 0.429. The fraction of sp³-hybridized carbons (Fsp3) is 0.143. The van der Waals surface area contributed by atoms with Crippen LogP contribution >= 0.6 is 0 Å². The van der Waals surface area contributed by atoms with Gasteiger partial charge in [-0.05, 0) is 55.3 Å². The van der Waals surface area contributed by atoms with E-state index in [1.54, 1.807) is 4.57 Å². The summed E-state index contributed by atoms with van der Waals surface area (Å²) in [5.41, 5.74) is 7.10. The van der Waals surface area contributed by atoms with E-state index in [2.05, 4.69) is 11.4 Å². The predicted molar refractivity (Wildman–Crippen MR) is 132 cm³/mol. The number of carbonyl (C=O) groups excluding carboxylic acids is 1. The molecule has 0 atom stereocenters. The second-order valence-electron chi connectivity index (χ2n) is 8.52. The van der Waals surface area contributed by atoms with Gasteiger partial charge in [0, 0.05) is 18.3 Å². The van der Waals surface area contributed by atoms with Gasteiger partial charge in [-0.25, -0.2) is 0 Å². The van der Waals surface area contributed by atoms with Crippen molar-refractivity contribution in [1.82, 2.24) is 14.3 Å². The minimum absolute atomic E-state index is 0.0776. The molecule has 5 rings (SSSR count). The summed E-state index contributed by atoms with van der Waals surface area (Å²) in [7, 11) is 0. The lowest BCUT2D eigenvalue weighted by atomic mass is 10.1.